The fraction of sp³-hybridized carbons (Fsp3) is 0.261. The molecule has 2 amide bonds. The molecule has 0 aromatic heterocycles. The van der Waals surface area contributed by atoms with Crippen molar-refractivity contribution in [1.82, 2.24) is 5.32 Å². The highest BCUT2D eigenvalue weighted by molar-refractivity contribution is 8.03. The second kappa shape index (κ2) is 10.0. The summed E-state index contributed by atoms with van der Waals surface area (Å²) in [5.74, 6) is 0.112. The number of aryl methyl sites for hydroxylation is 1. The molecule has 0 fully saturated rings. The van der Waals surface area contributed by atoms with Gasteiger partial charge in [0.1, 0.15) is 0 Å². The number of carbonyl (C=O) groups excluding carboxylic acids is 2. The molecule has 1 heterocycles. The second-order valence-electron chi connectivity index (χ2n) is 6.95. The summed E-state index contributed by atoms with van der Waals surface area (Å²) in [6, 6.07) is 15.0. The van der Waals surface area contributed by atoms with Crippen LogP contribution in [0, 0.1) is 18.3 Å². The first kappa shape index (κ1) is 22.2. The highest BCUT2D eigenvalue weighted by atomic mass is 32.2. The van der Waals surface area contributed by atoms with E-state index in [4.69, 9.17) is 9.47 Å². The molecule has 1 aliphatic rings. The van der Waals surface area contributed by atoms with E-state index in [-0.39, 0.29) is 24.0 Å². The Morgan fingerprint density at radius 2 is 1.97 bits per heavy atom. The number of para-hydroxylation sites is 1. The maximum atomic E-state index is 12.4. The first-order valence-electron chi connectivity index (χ1n) is 9.61. The Balaban J connectivity index is 1.83. The molecule has 0 saturated carbocycles. The van der Waals surface area contributed by atoms with E-state index in [1.54, 1.807) is 12.1 Å². The zero-order chi connectivity index (χ0) is 22.4. The molecular weight excluding hydrogens is 414 g/mol. The van der Waals surface area contributed by atoms with Crippen molar-refractivity contribution in [2.24, 2.45) is 0 Å². The van der Waals surface area contributed by atoms with E-state index in [9.17, 15) is 14.9 Å². The van der Waals surface area contributed by atoms with E-state index in [2.05, 4.69) is 16.7 Å². The number of nitrogens with one attached hydrogen (secondary N) is 2. The van der Waals surface area contributed by atoms with Crippen molar-refractivity contribution >= 4 is 29.3 Å². The number of methoxy groups -OCH3 is 2. The summed E-state index contributed by atoms with van der Waals surface area (Å²) < 4.78 is 10.8. The topological polar surface area (TPSA) is 100 Å². The molecule has 0 saturated heterocycles. The molecule has 0 spiro atoms. The summed E-state index contributed by atoms with van der Waals surface area (Å²) in [6.45, 7) is 1.97. The molecule has 0 unspecified atom stereocenters. The van der Waals surface area contributed by atoms with E-state index < -0.39 is 5.92 Å². The van der Waals surface area contributed by atoms with Crippen LogP contribution in [0.2, 0.25) is 0 Å². The van der Waals surface area contributed by atoms with Crippen molar-refractivity contribution in [2.75, 3.05) is 25.3 Å². The number of allylic oxidation sites excluding steroid dienone is 1. The number of amides is 2. The minimum absolute atomic E-state index is 0.0522. The second-order valence-corrected chi connectivity index (χ2v) is 7.93. The molecule has 2 aromatic carbocycles. The van der Waals surface area contributed by atoms with E-state index >= 15 is 0 Å². The van der Waals surface area contributed by atoms with Crippen LogP contribution >= 0.6 is 11.8 Å². The van der Waals surface area contributed by atoms with Crippen LogP contribution in [0.4, 0.5) is 5.69 Å². The van der Waals surface area contributed by atoms with Crippen LogP contribution < -0.4 is 20.1 Å². The lowest BCUT2D eigenvalue weighted by Crippen LogP contribution is -2.31. The fourth-order valence-corrected chi connectivity index (χ4v) is 4.23. The number of carbonyl (C=O) groups is 2. The van der Waals surface area contributed by atoms with Gasteiger partial charge in [-0.2, -0.15) is 5.26 Å². The van der Waals surface area contributed by atoms with Crippen molar-refractivity contribution in [3.63, 3.8) is 0 Å². The van der Waals surface area contributed by atoms with Crippen molar-refractivity contribution in [3.05, 3.63) is 64.2 Å². The van der Waals surface area contributed by atoms with E-state index in [0.717, 1.165) is 17.3 Å². The van der Waals surface area contributed by atoms with Crippen molar-refractivity contribution < 1.29 is 19.1 Å². The van der Waals surface area contributed by atoms with Crippen LogP contribution in [0.1, 0.15) is 23.5 Å². The first-order chi connectivity index (χ1) is 15.0. The van der Waals surface area contributed by atoms with Crippen molar-refractivity contribution in [1.29, 1.82) is 5.26 Å². The number of rotatable bonds is 7. The Labute approximate surface area is 185 Å². The molecule has 3 rings (SSSR count). The molecule has 7 nitrogen and oxygen atoms in total. The third-order valence-electron chi connectivity index (χ3n) is 4.85. The standard InChI is InChI=1S/C23H23N3O4S/c1-14-7-9-15(10-8-14)25-21(28)13-31-23-18(12-24)17(11-20(27)26-23)16-5-4-6-19(29-2)22(16)30-3/h4-10,17H,11,13H2,1-3H3,(H,25,28)(H,26,27)/t17-/m1/s1. The molecule has 160 valence electrons. The molecule has 0 radical (unpaired) electrons. The van der Waals surface area contributed by atoms with Gasteiger partial charge in [0.05, 0.1) is 36.6 Å². The Hall–Kier alpha value is -3.44. The Morgan fingerprint density at radius 1 is 1.23 bits per heavy atom. The third kappa shape index (κ3) is 5.19. The summed E-state index contributed by atoms with van der Waals surface area (Å²) in [4.78, 5) is 24.8. The van der Waals surface area contributed by atoms with E-state index in [0.29, 0.717) is 33.4 Å². The van der Waals surface area contributed by atoms with Crippen LogP contribution in [-0.4, -0.2) is 31.8 Å². The molecule has 2 N–H and O–H groups in total. The zero-order valence-electron chi connectivity index (χ0n) is 17.5. The van der Waals surface area contributed by atoms with Gasteiger partial charge in [-0.3, -0.25) is 9.59 Å². The Bertz CT molecular complexity index is 1060. The molecule has 31 heavy (non-hydrogen) atoms. The van der Waals surface area contributed by atoms with Gasteiger partial charge in [-0.05, 0) is 25.1 Å². The van der Waals surface area contributed by atoms with E-state index in [1.165, 1.54) is 14.2 Å². The minimum Gasteiger partial charge on any atom is -0.493 e. The third-order valence-corrected chi connectivity index (χ3v) is 5.86. The van der Waals surface area contributed by atoms with Crippen molar-refractivity contribution in [2.45, 2.75) is 19.3 Å². The summed E-state index contributed by atoms with van der Waals surface area (Å²) >= 11 is 1.13. The lowest BCUT2D eigenvalue weighted by molar-refractivity contribution is -0.121. The lowest BCUT2D eigenvalue weighted by atomic mass is 9.86. The number of thioether (sulfide) groups is 1. The van der Waals surface area contributed by atoms with Gasteiger partial charge < -0.3 is 20.1 Å². The number of hydrogen-bond acceptors (Lipinski definition) is 6. The Morgan fingerprint density at radius 3 is 2.61 bits per heavy atom. The normalized spacial score (nSPS) is 15.7. The SMILES string of the molecule is COc1cccc([C@H]2CC(=O)NC(SCC(=O)Nc3ccc(C)cc3)=C2C#N)c1OC. The van der Waals surface area contributed by atoms with Gasteiger partial charge in [0.15, 0.2) is 11.5 Å². The van der Waals surface area contributed by atoms with E-state index in [1.807, 2.05) is 37.3 Å². The summed E-state index contributed by atoms with van der Waals surface area (Å²) in [6.07, 6.45) is 0.103. The average molecular weight is 438 g/mol. The molecule has 1 aliphatic heterocycles. The largest absolute Gasteiger partial charge is 0.493 e. The summed E-state index contributed by atoms with van der Waals surface area (Å²) in [5, 5.41) is 15.8. The molecule has 8 heteroatoms. The number of ether oxygens (including phenoxy) is 2. The van der Waals surface area contributed by atoms with Crippen LogP contribution in [0.3, 0.4) is 0 Å². The predicted octanol–water partition coefficient (Wildman–Crippen LogP) is 3.72. The number of nitriles is 1. The number of nitrogens with zero attached hydrogens (tertiary/aromatic N) is 1. The van der Waals surface area contributed by atoms with Crippen LogP contribution in [0.25, 0.3) is 0 Å². The number of anilines is 1. The predicted molar refractivity (Wildman–Crippen MR) is 120 cm³/mol. The van der Waals surface area contributed by atoms with Gasteiger partial charge in [-0.25, -0.2) is 0 Å². The average Bonchev–Trinajstić information content (AvgIpc) is 2.78. The minimum atomic E-state index is -0.494. The number of hydrogen-bond donors (Lipinski definition) is 2. The highest BCUT2D eigenvalue weighted by Crippen LogP contribution is 2.43. The van der Waals surface area contributed by atoms with Crippen LogP contribution in [0.5, 0.6) is 11.5 Å². The van der Waals surface area contributed by atoms with Gasteiger partial charge >= 0.3 is 0 Å². The zero-order valence-corrected chi connectivity index (χ0v) is 18.3. The molecular formula is C23H23N3O4S. The first-order valence-corrected chi connectivity index (χ1v) is 10.6. The van der Waals surface area contributed by atoms with Crippen LogP contribution in [0.15, 0.2) is 53.1 Å². The molecule has 1 atom stereocenters. The lowest BCUT2D eigenvalue weighted by Gasteiger charge is -2.26. The maximum absolute atomic E-state index is 12.4. The summed E-state index contributed by atoms with van der Waals surface area (Å²) in [7, 11) is 3.05. The van der Waals surface area contributed by atoms with Gasteiger partial charge in [-0.1, -0.05) is 41.6 Å². The quantitative estimate of drug-likeness (QED) is 0.685. The maximum Gasteiger partial charge on any atom is 0.234 e. The molecule has 0 aliphatic carbocycles. The molecule has 0 bridgehead atoms. The number of benzene rings is 2. The van der Waals surface area contributed by atoms with Crippen LogP contribution in [-0.2, 0) is 9.59 Å². The Kier molecular flexibility index (Phi) is 7.21. The van der Waals surface area contributed by atoms with Gasteiger partial charge in [0, 0.05) is 23.6 Å². The van der Waals surface area contributed by atoms with Gasteiger partial charge in [0.25, 0.3) is 0 Å². The molecule has 2 aromatic rings. The highest BCUT2D eigenvalue weighted by Gasteiger charge is 2.32. The fourth-order valence-electron chi connectivity index (χ4n) is 3.36. The van der Waals surface area contributed by atoms with Gasteiger partial charge in [-0.15, -0.1) is 0 Å². The smallest absolute Gasteiger partial charge is 0.234 e. The van der Waals surface area contributed by atoms with Crippen molar-refractivity contribution in [3.8, 4) is 17.6 Å². The van der Waals surface area contributed by atoms with Gasteiger partial charge in [0.2, 0.25) is 11.8 Å². The summed E-state index contributed by atoms with van der Waals surface area (Å²) in [5.41, 5.74) is 2.87. The monoisotopic (exact) mass is 437 g/mol.